The monoisotopic (exact) mass is 278 g/mol. The normalized spacial score (nSPS) is 19.4. The first-order valence-electron chi connectivity index (χ1n) is 7.33. The number of carbonyl (C=O) groups excluding carboxylic acids is 1. The fourth-order valence-electron chi connectivity index (χ4n) is 3.02. The highest BCUT2D eigenvalue weighted by atomic mass is 19.1. The Labute approximate surface area is 119 Å². The predicted octanol–water partition coefficient (Wildman–Crippen LogP) is 2.49. The maximum absolute atomic E-state index is 13.1. The summed E-state index contributed by atoms with van der Waals surface area (Å²) in [6, 6.07) is 6.19. The van der Waals surface area contributed by atoms with E-state index in [1.54, 1.807) is 6.92 Å². The second-order valence-corrected chi connectivity index (χ2v) is 5.85. The van der Waals surface area contributed by atoms with Crippen LogP contribution in [-0.4, -0.2) is 18.5 Å². The third-order valence-corrected chi connectivity index (χ3v) is 4.28. The molecule has 2 rings (SSSR count). The van der Waals surface area contributed by atoms with Crippen molar-refractivity contribution in [3.63, 3.8) is 0 Å². The summed E-state index contributed by atoms with van der Waals surface area (Å²) in [5.74, 6) is -0.351. The Morgan fingerprint density at radius 1 is 1.30 bits per heavy atom. The molecule has 110 valence electrons. The molecule has 0 heterocycles. The molecule has 1 aliphatic rings. The summed E-state index contributed by atoms with van der Waals surface area (Å²) < 4.78 is 13.1. The maximum Gasteiger partial charge on any atom is 0.236 e. The first kappa shape index (κ1) is 15.0. The Morgan fingerprint density at radius 2 is 1.90 bits per heavy atom. The summed E-state index contributed by atoms with van der Waals surface area (Å²) >= 11 is 0. The molecule has 1 aromatic rings. The maximum atomic E-state index is 13.1. The van der Waals surface area contributed by atoms with Gasteiger partial charge >= 0.3 is 0 Å². The molecule has 0 aromatic heterocycles. The molecule has 0 saturated heterocycles. The van der Waals surface area contributed by atoms with Gasteiger partial charge in [0.05, 0.1) is 6.04 Å². The molecule has 1 amide bonds. The predicted molar refractivity (Wildman–Crippen MR) is 77.8 cm³/mol. The van der Waals surface area contributed by atoms with Crippen molar-refractivity contribution in [3.05, 3.63) is 35.6 Å². The van der Waals surface area contributed by atoms with Crippen LogP contribution in [0.4, 0.5) is 4.39 Å². The number of amides is 1. The first-order chi connectivity index (χ1) is 9.53. The molecule has 3 nitrogen and oxygen atoms in total. The zero-order chi connectivity index (χ0) is 14.6. The van der Waals surface area contributed by atoms with Gasteiger partial charge in [0, 0.05) is 12.0 Å². The molecule has 1 aromatic carbocycles. The third-order valence-electron chi connectivity index (χ3n) is 4.28. The van der Waals surface area contributed by atoms with Crippen LogP contribution in [0.2, 0.25) is 0 Å². The molecular formula is C16H23FN2O. The zero-order valence-corrected chi connectivity index (χ0v) is 12.0. The van der Waals surface area contributed by atoms with Crippen LogP contribution in [0.3, 0.4) is 0 Å². The second kappa shape index (κ2) is 6.35. The molecule has 1 fully saturated rings. The number of nitrogens with two attached hydrogens (primary N) is 1. The van der Waals surface area contributed by atoms with E-state index in [1.807, 2.05) is 12.1 Å². The van der Waals surface area contributed by atoms with E-state index < -0.39 is 6.04 Å². The Hall–Kier alpha value is -1.42. The van der Waals surface area contributed by atoms with E-state index in [0.717, 1.165) is 31.2 Å². The summed E-state index contributed by atoms with van der Waals surface area (Å²) in [4.78, 5) is 11.7. The third kappa shape index (κ3) is 3.37. The van der Waals surface area contributed by atoms with Crippen molar-refractivity contribution < 1.29 is 9.18 Å². The number of halogens is 1. The standard InChI is InChI=1S/C16H23FN2O/c1-12(18)15(20)19-11-16(9-3-2-4-10-16)13-5-7-14(17)8-6-13/h5-8,12H,2-4,9-11,18H2,1H3,(H,19,20)/t12-/m1/s1. The average molecular weight is 278 g/mol. The van der Waals surface area contributed by atoms with E-state index in [0.29, 0.717) is 6.54 Å². The number of hydrogen-bond acceptors (Lipinski definition) is 2. The lowest BCUT2D eigenvalue weighted by molar-refractivity contribution is -0.122. The first-order valence-corrected chi connectivity index (χ1v) is 7.33. The van der Waals surface area contributed by atoms with E-state index in [4.69, 9.17) is 5.73 Å². The minimum atomic E-state index is -0.496. The van der Waals surface area contributed by atoms with E-state index in [2.05, 4.69) is 5.32 Å². The average Bonchev–Trinajstić information content (AvgIpc) is 2.46. The van der Waals surface area contributed by atoms with Gasteiger partial charge in [-0.1, -0.05) is 31.4 Å². The van der Waals surface area contributed by atoms with Crippen LogP contribution >= 0.6 is 0 Å². The van der Waals surface area contributed by atoms with Crippen molar-refractivity contribution >= 4 is 5.91 Å². The van der Waals surface area contributed by atoms with Gasteiger partial charge in [-0.15, -0.1) is 0 Å². The summed E-state index contributed by atoms with van der Waals surface area (Å²) in [5, 5.41) is 2.95. The Bertz CT molecular complexity index is 450. The van der Waals surface area contributed by atoms with Crippen LogP contribution in [-0.2, 0) is 10.2 Å². The number of hydrogen-bond donors (Lipinski definition) is 2. The van der Waals surface area contributed by atoms with Crippen LogP contribution in [0.25, 0.3) is 0 Å². The second-order valence-electron chi connectivity index (χ2n) is 5.85. The molecule has 3 N–H and O–H groups in total. The Kier molecular flexibility index (Phi) is 4.76. The number of nitrogens with one attached hydrogen (secondary N) is 1. The molecule has 1 aliphatic carbocycles. The summed E-state index contributed by atoms with van der Waals surface area (Å²) in [7, 11) is 0. The van der Waals surface area contributed by atoms with Crippen LogP contribution in [0.5, 0.6) is 0 Å². The number of benzene rings is 1. The smallest absolute Gasteiger partial charge is 0.236 e. The fourth-order valence-corrected chi connectivity index (χ4v) is 3.02. The van der Waals surface area contributed by atoms with Gasteiger partial charge in [-0.3, -0.25) is 4.79 Å². The lowest BCUT2D eigenvalue weighted by Crippen LogP contribution is -2.46. The highest BCUT2D eigenvalue weighted by Gasteiger charge is 2.34. The largest absolute Gasteiger partial charge is 0.354 e. The van der Waals surface area contributed by atoms with Gasteiger partial charge in [-0.25, -0.2) is 4.39 Å². The van der Waals surface area contributed by atoms with Gasteiger partial charge in [0.1, 0.15) is 5.82 Å². The minimum Gasteiger partial charge on any atom is -0.354 e. The minimum absolute atomic E-state index is 0.0729. The molecular weight excluding hydrogens is 255 g/mol. The molecule has 1 saturated carbocycles. The molecule has 1 atom stereocenters. The highest BCUT2D eigenvalue weighted by Crippen LogP contribution is 2.39. The summed E-state index contributed by atoms with van der Waals surface area (Å²) in [6.07, 6.45) is 5.57. The van der Waals surface area contributed by atoms with Gasteiger partial charge < -0.3 is 11.1 Å². The SMILES string of the molecule is C[C@@H](N)C(=O)NCC1(c2ccc(F)cc2)CCCCC1. The molecule has 0 radical (unpaired) electrons. The molecule has 4 heteroatoms. The zero-order valence-electron chi connectivity index (χ0n) is 12.0. The molecule has 0 aliphatic heterocycles. The Morgan fingerprint density at radius 3 is 2.45 bits per heavy atom. The van der Waals surface area contributed by atoms with Gasteiger partial charge in [-0.05, 0) is 37.5 Å². The van der Waals surface area contributed by atoms with Crippen molar-refractivity contribution in [2.45, 2.75) is 50.5 Å². The molecule has 0 bridgehead atoms. The lowest BCUT2D eigenvalue weighted by Gasteiger charge is -2.38. The van der Waals surface area contributed by atoms with Crippen molar-refractivity contribution in [1.29, 1.82) is 0 Å². The van der Waals surface area contributed by atoms with Crippen LogP contribution < -0.4 is 11.1 Å². The Balaban J connectivity index is 2.17. The van der Waals surface area contributed by atoms with Gasteiger partial charge in [0.15, 0.2) is 0 Å². The van der Waals surface area contributed by atoms with Crippen molar-refractivity contribution in [1.82, 2.24) is 5.32 Å². The van der Waals surface area contributed by atoms with Crippen LogP contribution in [0, 0.1) is 5.82 Å². The molecule has 20 heavy (non-hydrogen) atoms. The van der Waals surface area contributed by atoms with E-state index in [1.165, 1.54) is 18.6 Å². The lowest BCUT2D eigenvalue weighted by atomic mass is 9.69. The van der Waals surface area contributed by atoms with E-state index in [-0.39, 0.29) is 17.1 Å². The van der Waals surface area contributed by atoms with Gasteiger partial charge in [0.25, 0.3) is 0 Å². The molecule has 0 spiro atoms. The van der Waals surface area contributed by atoms with Crippen molar-refractivity contribution in [2.75, 3.05) is 6.54 Å². The van der Waals surface area contributed by atoms with Gasteiger partial charge in [-0.2, -0.15) is 0 Å². The summed E-state index contributed by atoms with van der Waals surface area (Å²) in [5.41, 5.74) is 6.63. The van der Waals surface area contributed by atoms with Gasteiger partial charge in [0.2, 0.25) is 5.91 Å². The topological polar surface area (TPSA) is 55.1 Å². The van der Waals surface area contributed by atoms with Crippen molar-refractivity contribution in [3.8, 4) is 0 Å². The molecule has 0 unspecified atom stereocenters. The van der Waals surface area contributed by atoms with Crippen LogP contribution in [0.15, 0.2) is 24.3 Å². The number of carbonyl (C=O) groups is 1. The van der Waals surface area contributed by atoms with E-state index in [9.17, 15) is 9.18 Å². The van der Waals surface area contributed by atoms with Crippen LogP contribution in [0.1, 0.15) is 44.6 Å². The number of rotatable bonds is 4. The quantitative estimate of drug-likeness (QED) is 0.889. The highest BCUT2D eigenvalue weighted by molar-refractivity contribution is 5.81. The fraction of sp³-hybridized carbons (Fsp3) is 0.562. The van der Waals surface area contributed by atoms with Crippen molar-refractivity contribution in [2.24, 2.45) is 5.73 Å². The summed E-state index contributed by atoms with van der Waals surface area (Å²) in [6.45, 7) is 2.26. The van der Waals surface area contributed by atoms with E-state index >= 15 is 0 Å².